The summed E-state index contributed by atoms with van der Waals surface area (Å²) < 4.78 is 11.2. The number of methoxy groups -OCH3 is 1. The topological polar surface area (TPSA) is 38.5 Å². The van der Waals surface area contributed by atoms with Crippen molar-refractivity contribution in [3.8, 4) is 17.2 Å². The van der Waals surface area contributed by atoms with Crippen molar-refractivity contribution in [1.82, 2.24) is 9.88 Å². The van der Waals surface area contributed by atoms with Crippen molar-refractivity contribution in [3.05, 3.63) is 71.6 Å². The highest BCUT2D eigenvalue weighted by atomic mass is 16.5. The van der Waals surface area contributed by atoms with Gasteiger partial charge in [0, 0.05) is 18.2 Å². The molecule has 0 N–H and O–H groups in total. The Morgan fingerprint density at radius 2 is 1.88 bits per heavy atom. The number of nitrogens with zero attached hydrogens (tertiary/aromatic N) is 2. The van der Waals surface area contributed by atoms with Gasteiger partial charge in [0.15, 0.2) is 0 Å². The minimum absolute atomic E-state index is 0.428. The lowest BCUT2D eigenvalue weighted by atomic mass is 10.0. The van der Waals surface area contributed by atoms with Gasteiger partial charge >= 0.3 is 0 Å². The zero-order valence-corrected chi connectivity index (χ0v) is 15.3. The second kappa shape index (κ2) is 7.34. The first kappa shape index (κ1) is 16.9. The summed E-state index contributed by atoms with van der Waals surface area (Å²) in [7, 11) is 1.70. The lowest BCUT2D eigenvalue weighted by Crippen LogP contribution is -2.23. The van der Waals surface area contributed by atoms with Gasteiger partial charge in [0.25, 0.3) is 0 Å². The fraction of sp³-hybridized carbons (Fsp3) is 0.318. The number of ether oxygens (including phenoxy) is 1. The fourth-order valence-corrected chi connectivity index (χ4v) is 3.69. The number of hydrogen-bond donors (Lipinski definition) is 0. The first-order chi connectivity index (χ1) is 12.7. The second-order valence-corrected chi connectivity index (χ2v) is 6.79. The molecule has 0 amide bonds. The molecule has 134 valence electrons. The summed E-state index contributed by atoms with van der Waals surface area (Å²) in [5.74, 6) is 2.51. The molecule has 4 rings (SSSR count). The Morgan fingerprint density at radius 3 is 2.62 bits per heavy atom. The molecular weight excluding hydrogens is 324 g/mol. The van der Waals surface area contributed by atoms with Gasteiger partial charge < -0.3 is 9.15 Å². The van der Waals surface area contributed by atoms with Crippen LogP contribution in [0.15, 0.2) is 59.0 Å². The molecule has 3 aromatic rings. The maximum absolute atomic E-state index is 5.93. The van der Waals surface area contributed by atoms with Gasteiger partial charge in [0.2, 0.25) is 5.89 Å². The van der Waals surface area contributed by atoms with Crippen LogP contribution in [-0.2, 0) is 6.54 Å². The molecular formula is C22H24N2O2. The van der Waals surface area contributed by atoms with Crippen LogP contribution in [0, 0.1) is 6.92 Å². The average molecular weight is 348 g/mol. The van der Waals surface area contributed by atoms with Crippen LogP contribution in [0.2, 0.25) is 0 Å². The molecule has 4 heteroatoms. The van der Waals surface area contributed by atoms with Gasteiger partial charge in [-0.3, -0.25) is 4.90 Å². The zero-order valence-electron chi connectivity index (χ0n) is 15.3. The van der Waals surface area contributed by atoms with E-state index in [2.05, 4.69) is 17.0 Å². The highest BCUT2D eigenvalue weighted by Gasteiger charge is 2.27. The fourth-order valence-electron chi connectivity index (χ4n) is 3.69. The number of aromatic nitrogens is 1. The zero-order chi connectivity index (χ0) is 17.9. The molecule has 0 bridgehead atoms. The van der Waals surface area contributed by atoms with Crippen LogP contribution in [0.5, 0.6) is 5.75 Å². The van der Waals surface area contributed by atoms with Gasteiger partial charge in [-0.15, -0.1) is 0 Å². The quantitative estimate of drug-likeness (QED) is 0.651. The van der Waals surface area contributed by atoms with Crippen LogP contribution in [0.1, 0.15) is 35.9 Å². The molecule has 0 aliphatic carbocycles. The van der Waals surface area contributed by atoms with Crippen LogP contribution < -0.4 is 4.74 Å². The van der Waals surface area contributed by atoms with Crippen molar-refractivity contribution in [2.75, 3.05) is 13.7 Å². The van der Waals surface area contributed by atoms with E-state index in [-0.39, 0.29) is 0 Å². The average Bonchev–Trinajstić information content (AvgIpc) is 3.30. The summed E-state index contributed by atoms with van der Waals surface area (Å²) in [6.45, 7) is 3.91. The minimum atomic E-state index is 0.428. The van der Waals surface area contributed by atoms with Crippen LogP contribution >= 0.6 is 0 Å². The first-order valence-corrected chi connectivity index (χ1v) is 9.14. The van der Waals surface area contributed by atoms with Crippen molar-refractivity contribution < 1.29 is 9.15 Å². The number of aryl methyl sites for hydroxylation is 1. The van der Waals surface area contributed by atoms with E-state index >= 15 is 0 Å². The van der Waals surface area contributed by atoms with Gasteiger partial charge in [0.1, 0.15) is 11.5 Å². The Kier molecular flexibility index (Phi) is 4.76. The largest absolute Gasteiger partial charge is 0.497 e. The number of oxazole rings is 1. The van der Waals surface area contributed by atoms with Gasteiger partial charge in [0.05, 0.1) is 12.8 Å². The lowest BCUT2D eigenvalue weighted by molar-refractivity contribution is 0.244. The molecule has 0 spiro atoms. The predicted octanol–water partition coefficient (Wildman–Crippen LogP) is 5.00. The molecule has 1 aliphatic rings. The summed E-state index contributed by atoms with van der Waals surface area (Å²) >= 11 is 0. The smallest absolute Gasteiger partial charge is 0.226 e. The van der Waals surface area contributed by atoms with Gasteiger partial charge in [-0.2, -0.15) is 0 Å². The normalized spacial score (nSPS) is 17.5. The Hall–Kier alpha value is -2.59. The van der Waals surface area contributed by atoms with E-state index in [1.165, 1.54) is 18.4 Å². The summed E-state index contributed by atoms with van der Waals surface area (Å²) in [5, 5.41) is 0. The summed E-state index contributed by atoms with van der Waals surface area (Å²) in [5.41, 5.74) is 3.40. The lowest BCUT2D eigenvalue weighted by Gasteiger charge is -2.24. The number of hydrogen-bond acceptors (Lipinski definition) is 4. The van der Waals surface area contributed by atoms with Crippen molar-refractivity contribution in [1.29, 1.82) is 0 Å². The Bertz CT molecular complexity index is 856. The number of rotatable bonds is 5. The number of likely N-dealkylation sites (tertiary alicyclic amines) is 1. The van der Waals surface area contributed by atoms with E-state index in [4.69, 9.17) is 14.1 Å². The molecule has 0 radical (unpaired) electrons. The molecule has 4 nitrogen and oxygen atoms in total. The van der Waals surface area contributed by atoms with Crippen molar-refractivity contribution >= 4 is 0 Å². The van der Waals surface area contributed by atoms with Gasteiger partial charge in [-0.25, -0.2) is 4.98 Å². The van der Waals surface area contributed by atoms with E-state index in [9.17, 15) is 0 Å². The van der Waals surface area contributed by atoms with E-state index in [1.807, 2.05) is 49.4 Å². The van der Waals surface area contributed by atoms with E-state index < -0.39 is 0 Å². The molecule has 1 aromatic heterocycles. The predicted molar refractivity (Wildman–Crippen MR) is 102 cm³/mol. The molecule has 1 aliphatic heterocycles. The van der Waals surface area contributed by atoms with Crippen molar-refractivity contribution in [2.45, 2.75) is 32.4 Å². The number of benzene rings is 2. The molecule has 1 unspecified atom stereocenters. The summed E-state index contributed by atoms with van der Waals surface area (Å²) in [4.78, 5) is 7.27. The third-order valence-corrected chi connectivity index (χ3v) is 5.13. The van der Waals surface area contributed by atoms with Crippen LogP contribution in [-0.4, -0.2) is 23.5 Å². The van der Waals surface area contributed by atoms with Crippen LogP contribution in [0.4, 0.5) is 0 Å². The van der Waals surface area contributed by atoms with E-state index in [1.54, 1.807) is 7.11 Å². The van der Waals surface area contributed by atoms with Crippen LogP contribution in [0.25, 0.3) is 11.5 Å². The second-order valence-electron chi connectivity index (χ2n) is 6.79. The van der Waals surface area contributed by atoms with E-state index in [0.717, 1.165) is 35.9 Å². The maximum Gasteiger partial charge on any atom is 0.226 e. The molecule has 1 atom stereocenters. The molecule has 26 heavy (non-hydrogen) atoms. The molecule has 2 heterocycles. The summed E-state index contributed by atoms with van der Waals surface area (Å²) in [6.07, 6.45) is 2.38. The monoisotopic (exact) mass is 348 g/mol. The molecule has 2 aromatic carbocycles. The van der Waals surface area contributed by atoms with Crippen molar-refractivity contribution in [3.63, 3.8) is 0 Å². The van der Waals surface area contributed by atoms with E-state index in [0.29, 0.717) is 11.9 Å². The van der Waals surface area contributed by atoms with Crippen molar-refractivity contribution in [2.24, 2.45) is 0 Å². The minimum Gasteiger partial charge on any atom is -0.497 e. The standard InChI is InChI=1S/C22H24N2O2/c1-16-20(23-22(26-16)18-7-4-3-5-8-18)15-24-14-6-9-21(24)17-10-12-19(25-2)13-11-17/h3-5,7-8,10-13,21H,6,9,14-15H2,1-2H3. The van der Waals surface area contributed by atoms with Gasteiger partial charge in [-0.05, 0) is 56.1 Å². The SMILES string of the molecule is COc1ccc(C2CCCN2Cc2nc(-c3ccccc3)oc2C)cc1. The first-order valence-electron chi connectivity index (χ1n) is 9.14. The Morgan fingerprint density at radius 1 is 1.12 bits per heavy atom. The van der Waals surface area contributed by atoms with Crippen LogP contribution in [0.3, 0.4) is 0 Å². The molecule has 1 fully saturated rings. The highest BCUT2D eigenvalue weighted by molar-refractivity contribution is 5.53. The molecule has 1 saturated heterocycles. The Labute approximate surface area is 154 Å². The molecule has 0 saturated carbocycles. The third kappa shape index (κ3) is 3.37. The highest BCUT2D eigenvalue weighted by Crippen LogP contribution is 2.34. The van der Waals surface area contributed by atoms with Gasteiger partial charge in [-0.1, -0.05) is 30.3 Å². The maximum atomic E-state index is 5.93. The Balaban J connectivity index is 1.53. The third-order valence-electron chi connectivity index (χ3n) is 5.13. The summed E-state index contributed by atoms with van der Waals surface area (Å²) in [6, 6.07) is 18.9.